The van der Waals surface area contributed by atoms with E-state index < -0.39 is 10.0 Å². The monoisotopic (exact) mass is 355 g/mol. The molecule has 0 saturated carbocycles. The molecule has 0 radical (unpaired) electrons. The van der Waals surface area contributed by atoms with Gasteiger partial charge < -0.3 is 0 Å². The summed E-state index contributed by atoms with van der Waals surface area (Å²) in [6.45, 7) is 2.95. The van der Waals surface area contributed by atoms with Crippen LogP contribution in [0.4, 0.5) is 0 Å². The number of thiophene rings is 1. The van der Waals surface area contributed by atoms with Crippen molar-refractivity contribution in [3.63, 3.8) is 0 Å². The second-order valence-corrected chi connectivity index (χ2v) is 8.81. The first-order chi connectivity index (χ1) is 7.91. The topological polar surface area (TPSA) is 37.4 Å². The van der Waals surface area contributed by atoms with Gasteiger partial charge in [0, 0.05) is 13.1 Å². The molecule has 2 rings (SSSR count). The van der Waals surface area contributed by atoms with Crippen molar-refractivity contribution < 1.29 is 8.42 Å². The van der Waals surface area contributed by atoms with Crippen LogP contribution >= 0.6 is 38.9 Å². The molecule has 0 saturated heterocycles. The van der Waals surface area contributed by atoms with Crippen LogP contribution in [0.15, 0.2) is 25.7 Å². The molecule has 0 spiro atoms. The van der Waals surface area contributed by atoms with E-state index in [0.29, 0.717) is 26.1 Å². The fourth-order valence-corrected chi connectivity index (χ4v) is 5.71. The summed E-state index contributed by atoms with van der Waals surface area (Å²) < 4.78 is 27.1. The minimum Gasteiger partial charge on any atom is -0.206 e. The molecule has 0 atom stereocenters. The molecule has 2 heterocycles. The molecule has 1 aliphatic heterocycles. The molecule has 94 valence electrons. The Morgan fingerprint density at radius 3 is 2.76 bits per heavy atom. The summed E-state index contributed by atoms with van der Waals surface area (Å²) in [5, 5.41) is 0.442. The van der Waals surface area contributed by atoms with Gasteiger partial charge >= 0.3 is 0 Å². The van der Waals surface area contributed by atoms with Gasteiger partial charge in [-0.1, -0.05) is 23.3 Å². The highest BCUT2D eigenvalue weighted by atomic mass is 79.9. The Morgan fingerprint density at radius 2 is 2.24 bits per heavy atom. The van der Waals surface area contributed by atoms with Crippen molar-refractivity contribution in [3.05, 3.63) is 26.5 Å². The normalized spacial score (nSPS) is 18.2. The maximum Gasteiger partial charge on any atom is 0.252 e. The Hall–Kier alpha value is 0.120. The summed E-state index contributed by atoms with van der Waals surface area (Å²) >= 11 is 10.3. The van der Waals surface area contributed by atoms with Crippen molar-refractivity contribution in [1.82, 2.24) is 4.31 Å². The summed E-state index contributed by atoms with van der Waals surface area (Å²) in [6.07, 6.45) is 2.84. The highest BCUT2D eigenvalue weighted by Crippen LogP contribution is 2.36. The van der Waals surface area contributed by atoms with Gasteiger partial charge in [0.25, 0.3) is 10.0 Å². The van der Waals surface area contributed by atoms with Crippen LogP contribution in [0.5, 0.6) is 0 Å². The van der Waals surface area contributed by atoms with Crippen molar-refractivity contribution in [2.75, 3.05) is 13.1 Å². The molecule has 0 aromatic carbocycles. The van der Waals surface area contributed by atoms with Gasteiger partial charge in [-0.3, -0.25) is 0 Å². The highest BCUT2D eigenvalue weighted by Gasteiger charge is 2.28. The van der Waals surface area contributed by atoms with E-state index in [9.17, 15) is 8.42 Å². The lowest BCUT2D eigenvalue weighted by molar-refractivity contribution is 0.429. The molecule has 7 heteroatoms. The molecule has 17 heavy (non-hydrogen) atoms. The van der Waals surface area contributed by atoms with Gasteiger partial charge in [-0.15, -0.1) is 11.3 Å². The van der Waals surface area contributed by atoms with Crippen molar-refractivity contribution in [3.8, 4) is 0 Å². The van der Waals surface area contributed by atoms with E-state index in [0.717, 1.165) is 23.3 Å². The lowest BCUT2D eigenvalue weighted by Crippen LogP contribution is -2.34. The van der Waals surface area contributed by atoms with E-state index in [2.05, 4.69) is 22.0 Å². The van der Waals surface area contributed by atoms with E-state index in [1.54, 1.807) is 0 Å². The fourth-order valence-electron chi connectivity index (χ4n) is 1.66. The van der Waals surface area contributed by atoms with Crippen molar-refractivity contribution in [1.29, 1.82) is 0 Å². The first-order valence-corrected chi connectivity index (χ1v) is 8.44. The van der Waals surface area contributed by atoms with Crippen LogP contribution in [0, 0.1) is 0 Å². The molecule has 0 aliphatic carbocycles. The van der Waals surface area contributed by atoms with Crippen LogP contribution in [0.1, 0.15) is 13.3 Å². The Morgan fingerprint density at radius 1 is 1.53 bits per heavy atom. The Kier molecular flexibility index (Phi) is 3.99. The maximum atomic E-state index is 12.3. The van der Waals surface area contributed by atoms with Crippen LogP contribution < -0.4 is 0 Å². The van der Waals surface area contributed by atoms with E-state index >= 15 is 0 Å². The van der Waals surface area contributed by atoms with E-state index in [1.807, 2.05) is 6.92 Å². The van der Waals surface area contributed by atoms with Gasteiger partial charge in [-0.05, 0) is 35.3 Å². The second-order valence-electron chi connectivity index (χ2n) is 3.86. The zero-order chi connectivity index (χ0) is 12.6. The molecule has 1 aromatic rings. The Balaban J connectivity index is 2.34. The van der Waals surface area contributed by atoms with Gasteiger partial charge in [0.1, 0.15) is 4.21 Å². The lowest BCUT2D eigenvalue weighted by atomic mass is 10.2. The van der Waals surface area contributed by atoms with Gasteiger partial charge in [0.15, 0.2) is 0 Å². The summed E-state index contributed by atoms with van der Waals surface area (Å²) in [6, 6.07) is 1.50. The number of halogens is 2. The summed E-state index contributed by atoms with van der Waals surface area (Å²) in [5.74, 6) is 0. The number of rotatable bonds is 2. The number of hydrogen-bond donors (Lipinski definition) is 0. The molecule has 1 aliphatic rings. The lowest BCUT2D eigenvalue weighted by Gasteiger charge is -2.24. The number of sulfonamides is 1. The molecule has 0 unspecified atom stereocenters. The number of nitrogens with zero attached hydrogens (tertiary/aromatic N) is 1. The van der Waals surface area contributed by atoms with Crippen molar-refractivity contribution in [2.45, 2.75) is 17.6 Å². The third-order valence-corrected chi connectivity index (χ3v) is 7.28. The van der Waals surface area contributed by atoms with E-state index in [4.69, 9.17) is 11.6 Å². The fraction of sp³-hybridized carbons (Fsp3) is 0.400. The van der Waals surface area contributed by atoms with Gasteiger partial charge in [0.05, 0.1) is 8.81 Å². The zero-order valence-electron chi connectivity index (χ0n) is 9.11. The molecule has 0 bridgehead atoms. The maximum absolute atomic E-state index is 12.3. The highest BCUT2D eigenvalue weighted by molar-refractivity contribution is 9.11. The minimum absolute atomic E-state index is 0.295. The SMILES string of the molecule is CC1=CCCN(S(=O)(=O)c2cc(Cl)c(Br)s2)C1. The molecular weight excluding hydrogens is 346 g/mol. The third-order valence-electron chi connectivity index (χ3n) is 2.51. The zero-order valence-corrected chi connectivity index (χ0v) is 13.1. The van der Waals surface area contributed by atoms with Crippen LogP contribution in [-0.4, -0.2) is 25.8 Å². The quantitative estimate of drug-likeness (QED) is 0.761. The van der Waals surface area contributed by atoms with Crippen molar-refractivity contribution in [2.24, 2.45) is 0 Å². The average molecular weight is 357 g/mol. The molecule has 1 aromatic heterocycles. The molecule has 0 amide bonds. The van der Waals surface area contributed by atoms with Crippen LogP contribution in [0.25, 0.3) is 0 Å². The minimum atomic E-state index is -3.40. The number of hydrogen-bond acceptors (Lipinski definition) is 3. The van der Waals surface area contributed by atoms with E-state index in [-0.39, 0.29) is 0 Å². The largest absolute Gasteiger partial charge is 0.252 e. The molecule has 3 nitrogen and oxygen atoms in total. The van der Waals surface area contributed by atoms with Gasteiger partial charge in [-0.25, -0.2) is 8.42 Å². The Bertz CT molecular complexity index is 545. The Labute approximate surface area is 118 Å². The first-order valence-electron chi connectivity index (χ1n) is 5.02. The smallest absolute Gasteiger partial charge is 0.206 e. The van der Waals surface area contributed by atoms with E-state index in [1.165, 1.54) is 10.4 Å². The molecule has 0 N–H and O–H groups in total. The van der Waals surface area contributed by atoms with Crippen LogP contribution in [0.3, 0.4) is 0 Å². The van der Waals surface area contributed by atoms with Gasteiger partial charge in [-0.2, -0.15) is 4.31 Å². The molecular formula is C10H11BrClNO2S2. The van der Waals surface area contributed by atoms with Gasteiger partial charge in [0.2, 0.25) is 0 Å². The predicted molar refractivity (Wildman–Crippen MR) is 74.2 cm³/mol. The first kappa shape index (κ1) is 13.5. The van der Waals surface area contributed by atoms with Crippen molar-refractivity contribution >= 4 is 48.9 Å². The standard InChI is InChI=1S/C10H11BrClNO2S2/c1-7-3-2-4-13(6-7)17(14,15)9-5-8(12)10(11)16-9/h3,5H,2,4,6H2,1H3. The second kappa shape index (κ2) is 5.01. The van der Waals surface area contributed by atoms with Crippen LogP contribution in [0.2, 0.25) is 5.02 Å². The third kappa shape index (κ3) is 2.76. The average Bonchev–Trinajstić information content (AvgIpc) is 2.60. The predicted octanol–water partition coefficient (Wildman–Crippen LogP) is 3.50. The summed E-state index contributed by atoms with van der Waals surface area (Å²) in [4.78, 5) is 0. The van der Waals surface area contributed by atoms with Crippen LogP contribution in [-0.2, 0) is 10.0 Å². The summed E-state index contributed by atoms with van der Waals surface area (Å²) in [5.41, 5.74) is 1.08. The molecule has 0 fully saturated rings. The summed E-state index contributed by atoms with van der Waals surface area (Å²) in [7, 11) is -3.40.